The number of likely N-dealkylation sites (N-methyl/N-ethyl adjacent to an activating group) is 1. The van der Waals surface area contributed by atoms with Crippen molar-refractivity contribution in [2.75, 3.05) is 24.7 Å². The van der Waals surface area contributed by atoms with Crippen molar-refractivity contribution in [3.63, 3.8) is 0 Å². The lowest BCUT2D eigenvalue weighted by atomic mass is 10.0. The van der Waals surface area contributed by atoms with E-state index >= 15 is 0 Å². The van der Waals surface area contributed by atoms with Crippen molar-refractivity contribution in [1.82, 2.24) is 14.9 Å². The van der Waals surface area contributed by atoms with E-state index in [1.165, 1.54) is 36.2 Å². The van der Waals surface area contributed by atoms with Gasteiger partial charge in [0.15, 0.2) is 11.6 Å². The fourth-order valence-corrected chi connectivity index (χ4v) is 4.71. The maximum absolute atomic E-state index is 14.9. The number of anilines is 2. The number of hydrogen-bond acceptors (Lipinski definition) is 6. The highest BCUT2D eigenvalue weighted by atomic mass is 19.1. The van der Waals surface area contributed by atoms with Crippen LogP contribution in [0.4, 0.5) is 20.3 Å². The Labute approximate surface area is 238 Å². The number of benzene rings is 3. The smallest absolute Gasteiger partial charge is 0.258 e. The van der Waals surface area contributed by atoms with Crippen LogP contribution in [0, 0.1) is 18.6 Å². The maximum atomic E-state index is 14.9. The van der Waals surface area contributed by atoms with Crippen LogP contribution in [0.1, 0.15) is 52.7 Å². The normalized spacial score (nSPS) is 13.7. The summed E-state index contributed by atoms with van der Waals surface area (Å²) >= 11 is 0. The third kappa shape index (κ3) is 6.52. The molecule has 9 heteroatoms. The Hall–Kier alpha value is -4.37. The lowest BCUT2D eigenvalue weighted by molar-refractivity contribution is 0.102. The van der Waals surface area contributed by atoms with Crippen molar-refractivity contribution in [3.8, 4) is 17.0 Å². The van der Waals surface area contributed by atoms with E-state index in [9.17, 15) is 13.6 Å². The molecule has 1 saturated carbocycles. The Bertz CT molecular complexity index is 1560. The predicted octanol–water partition coefficient (Wildman–Crippen LogP) is 6.34. The van der Waals surface area contributed by atoms with E-state index in [4.69, 9.17) is 10.5 Å². The van der Waals surface area contributed by atoms with Crippen molar-refractivity contribution in [3.05, 3.63) is 101 Å². The summed E-state index contributed by atoms with van der Waals surface area (Å²) in [5.74, 6) is -1.19. The molecule has 1 aliphatic rings. The number of rotatable bonds is 10. The Morgan fingerprint density at radius 2 is 1.88 bits per heavy atom. The monoisotopic (exact) mass is 557 g/mol. The number of carbonyl (C=O) groups is 1. The molecular formula is C32H33F2N5O2. The standard InChI is InChI=1S/C32H33F2N5O2/c1-19(39(3)16-21-7-5-4-6-8-21)17-41-30-29(36-18-37-31(30)35)26-14-24(33)15-28(20(26)2)38-32(40)25-12-11-23(13-27(25)34)22-9-10-22/h4-8,11-15,18-19,22H,9-10,16-17H2,1-3H3,(H,38,40)(H2,35,36,37). The number of nitrogen functional groups attached to an aromatic ring is 1. The van der Waals surface area contributed by atoms with Crippen LogP contribution in [0.25, 0.3) is 11.3 Å². The van der Waals surface area contributed by atoms with Crippen LogP contribution in [0.2, 0.25) is 0 Å². The first-order valence-corrected chi connectivity index (χ1v) is 13.6. The number of nitrogens with one attached hydrogen (secondary N) is 1. The van der Waals surface area contributed by atoms with E-state index in [0.717, 1.165) is 24.9 Å². The summed E-state index contributed by atoms with van der Waals surface area (Å²) in [6, 6.07) is 17.2. The molecule has 1 aromatic heterocycles. The fourth-order valence-electron chi connectivity index (χ4n) is 4.71. The van der Waals surface area contributed by atoms with Crippen LogP contribution in [0.3, 0.4) is 0 Å². The van der Waals surface area contributed by atoms with E-state index in [2.05, 4.69) is 32.3 Å². The number of amides is 1. The van der Waals surface area contributed by atoms with Gasteiger partial charge in [0.2, 0.25) is 0 Å². The molecule has 41 heavy (non-hydrogen) atoms. The molecule has 1 atom stereocenters. The van der Waals surface area contributed by atoms with E-state index in [1.807, 2.05) is 32.2 Å². The van der Waals surface area contributed by atoms with Crippen LogP contribution < -0.4 is 15.8 Å². The second-order valence-electron chi connectivity index (χ2n) is 10.6. The van der Waals surface area contributed by atoms with Gasteiger partial charge in [0.05, 0.1) is 5.56 Å². The van der Waals surface area contributed by atoms with Crippen LogP contribution in [0.5, 0.6) is 5.75 Å². The van der Waals surface area contributed by atoms with E-state index < -0.39 is 17.5 Å². The van der Waals surface area contributed by atoms with Crippen molar-refractivity contribution < 1.29 is 18.3 Å². The first-order valence-electron chi connectivity index (χ1n) is 13.6. The minimum atomic E-state index is -0.668. The molecule has 7 nitrogen and oxygen atoms in total. The summed E-state index contributed by atoms with van der Waals surface area (Å²) in [7, 11) is 2.00. The van der Waals surface area contributed by atoms with Gasteiger partial charge >= 0.3 is 0 Å². The van der Waals surface area contributed by atoms with Crippen LogP contribution >= 0.6 is 0 Å². The summed E-state index contributed by atoms with van der Waals surface area (Å²) in [5, 5.41) is 2.66. The van der Waals surface area contributed by atoms with Gasteiger partial charge in [-0.25, -0.2) is 18.7 Å². The van der Waals surface area contributed by atoms with Crippen molar-refractivity contribution in [2.45, 2.75) is 45.2 Å². The lowest BCUT2D eigenvalue weighted by Crippen LogP contribution is -2.33. The highest BCUT2D eigenvalue weighted by Crippen LogP contribution is 2.40. The average molecular weight is 558 g/mol. The van der Waals surface area contributed by atoms with Crippen LogP contribution in [0.15, 0.2) is 67.0 Å². The predicted molar refractivity (Wildman–Crippen MR) is 156 cm³/mol. The number of nitrogens with two attached hydrogens (primary N) is 1. The number of ether oxygens (including phenoxy) is 1. The van der Waals surface area contributed by atoms with Gasteiger partial charge < -0.3 is 15.8 Å². The first kappa shape index (κ1) is 28.2. The minimum Gasteiger partial charge on any atom is -0.486 e. The van der Waals surface area contributed by atoms with Gasteiger partial charge in [-0.15, -0.1) is 0 Å². The van der Waals surface area contributed by atoms with Gasteiger partial charge in [0.1, 0.15) is 30.3 Å². The molecule has 0 spiro atoms. The Kier molecular flexibility index (Phi) is 8.26. The Balaban J connectivity index is 1.36. The van der Waals surface area contributed by atoms with E-state index in [-0.39, 0.29) is 35.5 Å². The second kappa shape index (κ2) is 12.0. The lowest BCUT2D eigenvalue weighted by Gasteiger charge is -2.25. The van der Waals surface area contributed by atoms with Crippen LogP contribution in [-0.4, -0.2) is 40.5 Å². The number of hydrogen-bond donors (Lipinski definition) is 2. The molecule has 0 saturated heterocycles. The Morgan fingerprint density at radius 1 is 1.12 bits per heavy atom. The maximum Gasteiger partial charge on any atom is 0.258 e. The van der Waals surface area contributed by atoms with Crippen molar-refractivity contribution in [2.24, 2.45) is 0 Å². The molecule has 4 aromatic rings. The van der Waals surface area contributed by atoms with Gasteiger partial charge in [-0.1, -0.05) is 36.4 Å². The molecule has 1 unspecified atom stereocenters. The molecule has 1 aliphatic carbocycles. The molecule has 3 aromatic carbocycles. The molecule has 5 rings (SSSR count). The molecule has 3 N–H and O–H groups in total. The molecule has 0 aliphatic heterocycles. The van der Waals surface area contributed by atoms with Gasteiger partial charge in [0.25, 0.3) is 5.91 Å². The van der Waals surface area contributed by atoms with Gasteiger partial charge in [-0.3, -0.25) is 9.69 Å². The third-order valence-corrected chi connectivity index (χ3v) is 7.49. The summed E-state index contributed by atoms with van der Waals surface area (Å²) in [6.45, 7) is 4.76. The fraction of sp³-hybridized carbons (Fsp3) is 0.281. The Morgan fingerprint density at radius 3 is 2.59 bits per heavy atom. The highest BCUT2D eigenvalue weighted by molar-refractivity contribution is 6.05. The number of aromatic nitrogens is 2. The summed E-state index contributed by atoms with van der Waals surface area (Å²) < 4.78 is 35.8. The largest absolute Gasteiger partial charge is 0.486 e. The molecule has 212 valence electrons. The minimum absolute atomic E-state index is 0.00678. The van der Waals surface area contributed by atoms with Gasteiger partial charge in [0, 0.05) is 23.8 Å². The summed E-state index contributed by atoms with van der Waals surface area (Å²) in [5.41, 5.74) is 9.52. The summed E-state index contributed by atoms with van der Waals surface area (Å²) in [6.07, 6.45) is 3.33. The number of halogens is 2. The molecular weight excluding hydrogens is 524 g/mol. The average Bonchev–Trinajstić information content (AvgIpc) is 3.80. The molecule has 1 heterocycles. The van der Waals surface area contributed by atoms with Crippen molar-refractivity contribution >= 4 is 17.4 Å². The quantitative estimate of drug-likeness (QED) is 0.236. The molecule has 0 bridgehead atoms. The van der Waals surface area contributed by atoms with Gasteiger partial charge in [-0.05, 0) is 80.6 Å². The summed E-state index contributed by atoms with van der Waals surface area (Å²) in [4.78, 5) is 23.6. The topological polar surface area (TPSA) is 93.4 Å². The highest BCUT2D eigenvalue weighted by Gasteiger charge is 2.26. The zero-order valence-electron chi connectivity index (χ0n) is 23.3. The molecule has 0 radical (unpaired) electrons. The number of carbonyl (C=O) groups excluding carboxylic acids is 1. The van der Waals surface area contributed by atoms with Crippen molar-refractivity contribution in [1.29, 1.82) is 0 Å². The second-order valence-corrected chi connectivity index (χ2v) is 10.6. The molecule has 1 fully saturated rings. The zero-order valence-corrected chi connectivity index (χ0v) is 23.3. The van der Waals surface area contributed by atoms with E-state index in [0.29, 0.717) is 22.7 Å². The van der Waals surface area contributed by atoms with Gasteiger partial charge in [-0.2, -0.15) is 0 Å². The SMILES string of the molecule is Cc1c(NC(=O)c2ccc(C3CC3)cc2F)cc(F)cc1-c1ncnc(N)c1OCC(C)N(C)Cc1ccccc1. The number of nitrogens with zero attached hydrogens (tertiary/aromatic N) is 3. The zero-order chi connectivity index (χ0) is 29.1. The van der Waals surface area contributed by atoms with Crippen LogP contribution in [-0.2, 0) is 6.54 Å². The first-order chi connectivity index (χ1) is 19.7. The van der Waals surface area contributed by atoms with E-state index in [1.54, 1.807) is 13.0 Å². The third-order valence-electron chi connectivity index (χ3n) is 7.49. The molecule has 1 amide bonds.